The summed E-state index contributed by atoms with van der Waals surface area (Å²) in [5, 5.41) is 21.3. The number of anilines is 3. The van der Waals surface area contributed by atoms with Crippen LogP contribution in [0.1, 0.15) is 52.2 Å². The van der Waals surface area contributed by atoms with E-state index in [9.17, 15) is 9.90 Å². The van der Waals surface area contributed by atoms with Crippen molar-refractivity contribution in [2.45, 2.75) is 31.3 Å². The van der Waals surface area contributed by atoms with Crippen LogP contribution < -0.4 is 10.6 Å². The molecule has 0 saturated carbocycles. The molecule has 1 atom stereocenters. The van der Waals surface area contributed by atoms with Crippen LogP contribution in [-0.4, -0.2) is 74.2 Å². The Morgan fingerprint density at radius 1 is 1.12 bits per heavy atom. The first-order chi connectivity index (χ1) is 20.5. The Morgan fingerprint density at radius 2 is 1.93 bits per heavy atom. The number of carbonyl (C=O) groups excluding carboxylic acids is 1. The molecule has 0 radical (unpaired) electrons. The molecule has 0 bridgehead atoms. The van der Waals surface area contributed by atoms with Crippen LogP contribution in [0.3, 0.4) is 0 Å². The average Bonchev–Trinajstić information content (AvgIpc) is 3.62. The first-order valence-corrected chi connectivity index (χ1v) is 14.1. The molecule has 11 nitrogen and oxygen atoms in total. The van der Waals surface area contributed by atoms with Crippen LogP contribution >= 0.6 is 0 Å². The lowest BCUT2D eigenvalue weighted by Gasteiger charge is -2.26. The van der Waals surface area contributed by atoms with E-state index in [2.05, 4.69) is 44.3 Å². The number of nitrogens with one attached hydrogen (secondary N) is 2. The minimum atomic E-state index is -0.378. The number of carbonyl (C=O) groups is 1. The fraction of sp³-hybridized carbons (Fsp3) is 0.323. The Hall–Kier alpha value is -4.61. The number of hydrogen-bond acceptors (Lipinski definition) is 10. The second-order valence-corrected chi connectivity index (χ2v) is 10.7. The normalized spacial score (nSPS) is 16.3. The predicted molar refractivity (Wildman–Crippen MR) is 159 cm³/mol. The molecule has 2 aliphatic heterocycles. The van der Waals surface area contributed by atoms with E-state index >= 15 is 0 Å². The van der Waals surface area contributed by atoms with Gasteiger partial charge in [0.2, 0.25) is 0 Å². The van der Waals surface area contributed by atoms with Crippen molar-refractivity contribution in [3.63, 3.8) is 0 Å². The van der Waals surface area contributed by atoms with Crippen LogP contribution in [0.25, 0.3) is 11.5 Å². The van der Waals surface area contributed by atoms with Crippen molar-refractivity contribution in [1.29, 1.82) is 0 Å². The number of piperidine rings is 1. The molecule has 4 aromatic rings. The summed E-state index contributed by atoms with van der Waals surface area (Å²) in [7, 11) is 2.12. The van der Waals surface area contributed by atoms with Crippen molar-refractivity contribution >= 4 is 23.2 Å². The summed E-state index contributed by atoms with van der Waals surface area (Å²) in [6, 6.07) is 14.7. The highest BCUT2D eigenvalue weighted by atomic mass is 16.5. The summed E-state index contributed by atoms with van der Waals surface area (Å²) in [5.74, 6) is 2.37. The number of benzene rings is 1. The molecule has 5 heterocycles. The Labute approximate surface area is 244 Å². The molecule has 1 aromatic carbocycles. The number of hydrogen-bond donors (Lipinski definition) is 3. The van der Waals surface area contributed by atoms with Crippen LogP contribution in [0.15, 0.2) is 71.9 Å². The second-order valence-electron chi connectivity index (χ2n) is 10.7. The number of fused-ring (bicyclic) bond motifs is 1. The molecule has 2 aliphatic rings. The van der Waals surface area contributed by atoms with Crippen LogP contribution in [0.5, 0.6) is 0 Å². The van der Waals surface area contributed by atoms with Crippen molar-refractivity contribution < 1.29 is 14.4 Å². The van der Waals surface area contributed by atoms with Gasteiger partial charge in [-0.05, 0) is 50.7 Å². The Morgan fingerprint density at radius 3 is 2.69 bits per heavy atom. The summed E-state index contributed by atoms with van der Waals surface area (Å²) < 4.78 is 5.75. The lowest BCUT2D eigenvalue weighted by Crippen LogP contribution is -2.29. The standard InChI is InChI=1S/C31H34N8O3/c1-3-13-39-18-25-22(31(39)41)9-10-27(34-25)35-28-16-24(33-26(19-40)20-7-5-4-6-8-20)23(17-32-28)30-36-29(37-42-30)21-11-14-38(2)15-12-21/h3-10,16-17,21,26,40H,1,11-15,18-19H2,2H3,(H2,32,33,34,35)/t26-/m1/s1. The average molecular weight is 567 g/mol. The lowest BCUT2D eigenvalue weighted by atomic mass is 9.96. The van der Waals surface area contributed by atoms with Gasteiger partial charge < -0.3 is 30.1 Å². The van der Waals surface area contributed by atoms with Crippen molar-refractivity contribution in [3.05, 3.63) is 90.0 Å². The van der Waals surface area contributed by atoms with E-state index in [-0.39, 0.29) is 24.5 Å². The van der Waals surface area contributed by atoms with Crippen LogP contribution in [0, 0.1) is 0 Å². The maximum Gasteiger partial charge on any atom is 0.261 e. The molecule has 6 rings (SSSR count). The largest absolute Gasteiger partial charge is 0.394 e. The summed E-state index contributed by atoms with van der Waals surface area (Å²) in [6.45, 7) is 6.50. The van der Waals surface area contributed by atoms with Gasteiger partial charge in [-0.25, -0.2) is 9.97 Å². The Kier molecular flexibility index (Phi) is 7.93. The summed E-state index contributed by atoms with van der Waals surface area (Å²) in [5.41, 5.74) is 3.54. The van der Waals surface area contributed by atoms with Gasteiger partial charge in [-0.15, -0.1) is 6.58 Å². The van der Waals surface area contributed by atoms with Crippen LogP contribution in [0.4, 0.5) is 17.3 Å². The fourth-order valence-electron chi connectivity index (χ4n) is 5.44. The molecule has 0 aliphatic carbocycles. The number of amides is 1. The third-order valence-corrected chi connectivity index (χ3v) is 7.81. The molecule has 11 heteroatoms. The number of nitrogens with zero attached hydrogens (tertiary/aromatic N) is 6. The summed E-state index contributed by atoms with van der Waals surface area (Å²) >= 11 is 0. The molecule has 1 fully saturated rings. The number of aliphatic hydroxyl groups is 1. The van der Waals surface area contributed by atoms with E-state index < -0.39 is 0 Å². The van der Waals surface area contributed by atoms with Gasteiger partial charge in [0.15, 0.2) is 5.82 Å². The van der Waals surface area contributed by atoms with Crippen molar-refractivity contribution in [3.8, 4) is 11.5 Å². The molecule has 0 spiro atoms. The van der Waals surface area contributed by atoms with Crippen molar-refractivity contribution in [2.75, 3.05) is 43.9 Å². The Bertz CT molecular complexity index is 1570. The number of aliphatic hydroxyl groups excluding tert-OH is 1. The third kappa shape index (κ3) is 5.74. The number of aromatic nitrogens is 4. The van der Waals surface area contributed by atoms with E-state index in [1.54, 1.807) is 29.3 Å². The SMILES string of the molecule is C=CCN1Cc2nc(Nc3cc(N[C@H](CO)c4ccccc4)c(-c4nc(C5CCN(C)CC5)no4)cn3)ccc2C1=O. The fourth-order valence-corrected chi connectivity index (χ4v) is 5.44. The number of pyridine rings is 2. The van der Waals surface area contributed by atoms with Gasteiger partial charge in [0.1, 0.15) is 11.6 Å². The van der Waals surface area contributed by atoms with Crippen molar-refractivity contribution in [1.82, 2.24) is 29.9 Å². The van der Waals surface area contributed by atoms with Gasteiger partial charge >= 0.3 is 0 Å². The molecular weight excluding hydrogens is 532 g/mol. The first-order valence-electron chi connectivity index (χ1n) is 14.1. The monoisotopic (exact) mass is 566 g/mol. The molecule has 216 valence electrons. The summed E-state index contributed by atoms with van der Waals surface area (Å²) in [4.78, 5) is 30.7. The maximum atomic E-state index is 12.6. The zero-order valence-corrected chi connectivity index (χ0v) is 23.5. The highest BCUT2D eigenvalue weighted by molar-refractivity contribution is 5.98. The summed E-state index contributed by atoms with van der Waals surface area (Å²) in [6.07, 6.45) is 5.34. The molecule has 42 heavy (non-hydrogen) atoms. The highest BCUT2D eigenvalue weighted by Gasteiger charge is 2.28. The molecule has 3 aromatic heterocycles. The first kappa shape index (κ1) is 27.6. The minimum absolute atomic E-state index is 0.0481. The van der Waals surface area contributed by atoms with Gasteiger partial charge in [-0.1, -0.05) is 41.6 Å². The number of rotatable bonds is 10. The van der Waals surface area contributed by atoms with E-state index in [0.717, 1.165) is 31.5 Å². The third-order valence-electron chi connectivity index (χ3n) is 7.81. The Balaban J connectivity index is 1.30. The van der Waals surface area contributed by atoms with E-state index in [1.807, 2.05) is 36.4 Å². The molecule has 1 amide bonds. The number of likely N-dealkylation sites (tertiary alicyclic amines) is 1. The molecular formula is C31H34N8O3. The van der Waals surface area contributed by atoms with Gasteiger partial charge in [0, 0.05) is 24.7 Å². The molecule has 1 saturated heterocycles. The molecule has 3 N–H and O–H groups in total. The second kappa shape index (κ2) is 12.1. The quantitative estimate of drug-likeness (QED) is 0.238. The molecule has 0 unspecified atom stereocenters. The van der Waals surface area contributed by atoms with Crippen LogP contribution in [-0.2, 0) is 6.54 Å². The highest BCUT2D eigenvalue weighted by Crippen LogP contribution is 2.34. The van der Waals surface area contributed by atoms with E-state index in [1.165, 1.54) is 0 Å². The van der Waals surface area contributed by atoms with Crippen molar-refractivity contribution in [2.24, 2.45) is 0 Å². The predicted octanol–water partition coefficient (Wildman–Crippen LogP) is 4.37. The maximum absolute atomic E-state index is 12.6. The van der Waals surface area contributed by atoms with Crippen LogP contribution in [0.2, 0.25) is 0 Å². The lowest BCUT2D eigenvalue weighted by molar-refractivity contribution is 0.0796. The smallest absolute Gasteiger partial charge is 0.261 e. The van der Waals surface area contributed by atoms with Gasteiger partial charge in [-0.2, -0.15) is 4.98 Å². The van der Waals surface area contributed by atoms with Gasteiger partial charge in [0.05, 0.1) is 41.7 Å². The zero-order chi connectivity index (χ0) is 29.1. The van der Waals surface area contributed by atoms with Gasteiger partial charge in [0.25, 0.3) is 11.8 Å². The minimum Gasteiger partial charge on any atom is -0.394 e. The topological polar surface area (TPSA) is 133 Å². The zero-order valence-electron chi connectivity index (χ0n) is 23.5. The van der Waals surface area contributed by atoms with E-state index in [0.29, 0.717) is 58.9 Å². The van der Waals surface area contributed by atoms with E-state index in [4.69, 9.17) is 9.51 Å². The van der Waals surface area contributed by atoms with Gasteiger partial charge in [-0.3, -0.25) is 4.79 Å².